The Morgan fingerprint density at radius 3 is 1.59 bits per heavy atom. The number of hydrogen-bond acceptors (Lipinski definition) is 11. The van der Waals surface area contributed by atoms with Crippen LogP contribution in [0, 0.1) is 13.8 Å². The third-order valence-electron chi connectivity index (χ3n) is 7.97. The maximum Gasteiger partial charge on any atom is 0.184 e. The molecule has 41 heavy (non-hydrogen) atoms. The monoisotopic (exact) mass is 569 g/mol. The van der Waals surface area contributed by atoms with E-state index >= 15 is 0 Å². The molecule has 10 atom stereocenters. The van der Waals surface area contributed by atoms with Gasteiger partial charge in [0.2, 0.25) is 0 Å². The van der Waals surface area contributed by atoms with E-state index in [2.05, 4.69) is 0 Å². The molecule has 0 saturated carbocycles. The Bertz CT molecular complexity index is 1380. The summed E-state index contributed by atoms with van der Waals surface area (Å²) in [6.45, 7) is 3.14. The fraction of sp³-hybridized carbons (Fsp3) is 0.433. The van der Waals surface area contributed by atoms with Gasteiger partial charge in [0, 0.05) is 11.1 Å². The first-order valence-electron chi connectivity index (χ1n) is 13.4. The molecule has 11 nitrogen and oxygen atoms in total. The van der Waals surface area contributed by atoms with E-state index in [1.165, 1.54) is 0 Å². The highest BCUT2D eigenvalue weighted by molar-refractivity contribution is 5.68. The molecule has 11 heteroatoms. The van der Waals surface area contributed by atoms with Gasteiger partial charge in [-0.2, -0.15) is 0 Å². The third-order valence-corrected chi connectivity index (χ3v) is 7.97. The third kappa shape index (κ3) is 5.54. The first kappa shape index (κ1) is 29.7. The Hall–Kier alpha value is -2.81. The van der Waals surface area contributed by atoms with Crippen LogP contribution < -0.4 is 0 Å². The van der Waals surface area contributed by atoms with Gasteiger partial charge < -0.3 is 50.3 Å². The summed E-state index contributed by atoms with van der Waals surface area (Å²) < 4.78 is 11.1. The van der Waals surface area contributed by atoms with Crippen LogP contribution in [0.25, 0.3) is 22.5 Å². The second kappa shape index (κ2) is 11.8. The minimum atomic E-state index is -1.63. The number of nitrogens with zero attached hydrogens (tertiary/aromatic N) is 1. The topological polar surface area (TPSA) is 193 Å². The van der Waals surface area contributed by atoms with Crippen LogP contribution in [-0.2, 0) is 9.47 Å². The zero-order valence-corrected chi connectivity index (χ0v) is 22.5. The highest BCUT2D eigenvalue weighted by Gasteiger charge is 2.45. The van der Waals surface area contributed by atoms with Gasteiger partial charge in [0.25, 0.3) is 0 Å². The summed E-state index contributed by atoms with van der Waals surface area (Å²) in [6, 6.07) is 16.4. The molecule has 220 valence electrons. The van der Waals surface area contributed by atoms with Crippen LogP contribution >= 0.6 is 0 Å². The van der Waals surface area contributed by atoms with E-state index in [9.17, 15) is 40.9 Å². The van der Waals surface area contributed by atoms with E-state index in [1.54, 1.807) is 18.2 Å². The van der Waals surface area contributed by atoms with Crippen molar-refractivity contribution in [2.45, 2.75) is 75.1 Å². The van der Waals surface area contributed by atoms with Crippen LogP contribution in [0.3, 0.4) is 0 Å². The van der Waals surface area contributed by atoms with E-state index in [0.717, 1.165) is 22.3 Å². The number of aliphatic hydroxyl groups excluding tert-OH is 8. The van der Waals surface area contributed by atoms with Crippen LogP contribution in [0.4, 0.5) is 0 Å². The Labute approximate surface area is 236 Å². The molecule has 2 aliphatic rings. The molecule has 0 unspecified atom stereocenters. The molecular formula is C30H35NO10. The number of rotatable bonds is 5. The van der Waals surface area contributed by atoms with Crippen molar-refractivity contribution in [1.29, 1.82) is 0 Å². The molecule has 0 radical (unpaired) electrons. The lowest BCUT2D eigenvalue weighted by molar-refractivity contribution is -0.284. The van der Waals surface area contributed by atoms with Crippen LogP contribution in [0.15, 0.2) is 54.6 Å². The fourth-order valence-electron chi connectivity index (χ4n) is 5.54. The second-order valence-electron chi connectivity index (χ2n) is 10.7. The van der Waals surface area contributed by atoms with Crippen molar-refractivity contribution in [2.24, 2.45) is 0 Å². The molecule has 8 N–H and O–H groups in total. The average Bonchev–Trinajstić information content (AvgIpc) is 2.97. The first-order chi connectivity index (χ1) is 19.5. The van der Waals surface area contributed by atoms with Gasteiger partial charge >= 0.3 is 0 Å². The second-order valence-corrected chi connectivity index (χ2v) is 10.7. The van der Waals surface area contributed by atoms with Crippen molar-refractivity contribution < 1.29 is 50.3 Å². The van der Waals surface area contributed by atoms with Crippen molar-refractivity contribution in [1.82, 2.24) is 4.98 Å². The van der Waals surface area contributed by atoms with Gasteiger partial charge in [0.05, 0.1) is 18.0 Å². The zero-order valence-electron chi connectivity index (χ0n) is 22.5. The molecule has 0 spiro atoms. The summed E-state index contributed by atoms with van der Waals surface area (Å²) in [5.74, 6) is 0. The zero-order chi connectivity index (χ0) is 29.6. The molecule has 0 bridgehead atoms. The van der Waals surface area contributed by atoms with Crippen molar-refractivity contribution in [3.05, 3.63) is 76.9 Å². The Morgan fingerprint density at radius 2 is 1.10 bits per heavy atom. The van der Waals surface area contributed by atoms with E-state index < -0.39 is 67.8 Å². The molecule has 2 aromatic carbocycles. The van der Waals surface area contributed by atoms with Gasteiger partial charge in [0.1, 0.15) is 54.9 Å². The molecule has 2 aliphatic heterocycles. The molecule has 3 heterocycles. The molecular weight excluding hydrogens is 534 g/mol. The van der Waals surface area contributed by atoms with Gasteiger partial charge in [-0.3, -0.25) is 0 Å². The standard InChI is InChI=1S/C30H35NO10/c1-13-10-15(6-8-17(13)28-25(36)23(34)22(33)21(12-32)40-28)19-4-3-5-20(31-19)16-7-9-18(14(2)11-16)29-26(37)24(35)27(38)30(39)41-29/h3-11,21-30,32-39H,12H2,1-2H3/t21-,22-,23+,24-,25+,26+,27+,28-,29-,30+/m1/s1. The van der Waals surface area contributed by atoms with Gasteiger partial charge in [-0.05, 0) is 60.4 Å². The summed E-state index contributed by atoms with van der Waals surface area (Å²) >= 11 is 0. The first-order valence-corrected chi connectivity index (χ1v) is 13.4. The minimum absolute atomic E-state index is 0.503. The Morgan fingerprint density at radius 1 is 0.610 bits per heavy atom. The molecule has 0 aliphatic carbocycles. The molecule has 2 fully saturated rings. The molecule has 0 amide bonds. The molecule has 1 aromatic heterocycles. The van der Waals surface area contributed by atoms with Gasteiger partial charge in [-0.15, -0.1) is 0 Å². The van der Waals surface area contributed by atoms with Crippen LogP contribution in [0.5, 0.6) is 0 Å². The lowest BCUT2D eigenvalue weighted by atomic mass is 9.88. The van der Waals surface area contributed by atoms with Crippen molar-refractivity contribution in [2.75, 3.05) is 6.61 Å². The summed E-state index contributed by atoms with van der Waals surface area (Å²) in [4.78, 5) is 4.81. The lowest BCUT2D eigenvalue weighted by Crippen LogP contribution is -2.55. The van der Waals surface area contributed by atoms with E-state index in [1.807, 2.05) is 50.2 Å². The maximum absolute atomic E-state index is 10.5. The number of aliphatic hydroxyl groups is 8. The van der Waals surface area contributed by atoms with Crippen LogP contribution in [-0.4, -0.2) is 101 Å². The van der Waals surface area contributed by atoms with Gasteiger partial charge in [0.15, 0.2) is 6.29 Å². The number of ether oxygens (including phenoxy) is 2. The van der Waals surface area contributed by atoms with Gasteiger partial charge in [-0.1, -0.05) is 30.3 Å². The molecule has 2 saturated heterocycles. The largest absolute Gasteiger partial charge is 0.394 e. The summed E-state index contributed by atoms with van der Waals surface area (Å²) in [5, 5.41) is 80.6. The Kier molecular flexibility index (Phi) is 8.56. The summed E-state index contributed by atoms with van der Waals surface area (Å²) in [7, 11) is 0. The van der Waals surface area contributed by atoms with Crippen molar-refractivity contribution in [3.8, 4) is 22.5 Å². The SMILES string of the molecule is Cc1cc(-c2cccc(-c3ccc([C@H]4O[C@H](CO)[C@@H](O)[C@H](O)[C@@H]4O)c(C)c3)n2)ccc1[C@H]1O[C@H](O)[C@@H](O)[C@H](O)[C@@H]1O. The van der Waals surface area contributed by atoms with Crippen molar-refractivity contribution in [3.63, 3.8) is 0 Å². The minimum Gasteiger partial charge on any atom is -0.394 e. The highest BCUT2D eigenvalue weighted by atomic mass is 16.6. The van der Waals surface area contributed by atoms with Crippen molar-refractivity contribution >= 4 is 0 Å². The predicted molar refractivity (Wildman–Crippen MR) is 145 cm³/mol. The number of benzene rings is 2. The lowest BCUT2D eigenvalue weighted by Gasteiger charge is -2.40. The number of pyridine rings is 1. The highest BCUT2D eigenvalue weighted by Crippen LogP contribution is 2.37. The quantitative estimate of drug-likeness (QED) is 0.206. The number of hydrogen-bond donors (Lipinski definition) is 8. The van der Waals surface area contributed by atoms with E-state index in [4.69, 9.17) is 14.5 Å². The summed E-state index contributed by atoms with van der Waals surface area (Å²) in [5.41, 5.74) is 5.60. The number of aryl methyl sites for hydroxylation is 2. The number of aromatic nitrogens is 1. The van der Waals surface area contributed by atoms with E-state index in [-0.39, 0.29) is 0 Å². The van der Waals surface area contributed by atoms with Crippen LogP contribution in [0.2, 0.25) is 0 Å². The normalized spacial score (nSPS) is 34.0. The molecule has 5 rings (SSSR count). The van der Waals surface area contributed by atoms with Crippen LogP contribution in [0.1, 0.15) is 34.5 Å². The van der Waals surface area contributed by atoms with Gasteiger partial charge in [-0.25, -0.2) is 4.98 Å². The maximum atomic E-state index is 10.5. The van der Waals surface area contributed by atoms with E-state index in [0.29, 0.717) is 22.5 Å². The predicted octanol–water partition coefficient (Wildman–Crippen LogP) is 0.0197. The Balaban J connectivity index is 1.39. The molecule has 3 aromatic rings. The average molecular weight is 570 g/mol. The fourth-order valence-corrected chi connectivity index (χ4v) is 5.54. The smallest absolute Gasteiger partial charge is 0.184 e. The summed E-state index contributed by atoms with van der Waals surface area (Å²) in [6.07, 6.45) is -13.4.